The molecule has 162 valence electrons. The van der Waals surface area contributed by atoms with E-state index in [0.717, 1.165) is 16.3 Å². The molecule has 2 aromatic heterocycles. The molecule has 0 unspecified atom stereocenters. The van der Waals surface area contributed by atoms with Gasteiger partial charge in [-0.15, -0.1) is 16.4 Å². The van der Waals surface area contributed by atoms with E-state index < -0.39 is 0 Å². The maximum atomic E-state index is 6.36. The number of halogens is 1. The maximum absolute atomic E-state index is 6.36. The summed E-state index contributed by atoms with van der Waals surface area (Å²) in [7, 11) is 31.0. The lowest BCUT2D eigenvalue weighted by Gasteiger charge is -2.20. The Balaban J connectivity index is 1.70. The number of hydrogen-bond donors (Lipinski definition) is 0. The van der Waals surface area contributed by atoms with Gasteiger partial charge in [0.25, 0.3) is 0 Å². The largest absolute Gasteiger partial charge is 0.456 e. The monoisotopic (exact) mass is 483 g/mol. The van der Waals surface area contributed by atoms with E-state index in [4.69, 9.17) is 70.2 Å². The molecule has 0 aliphatic carbocycles. The smallest absolute Gasteiger partial charge is 0.164 e. The molecule has 0 spiro atoms. The van der Waals surface area contributed by atoms with Gasteiger partial charge in [0, 0.05) is 32.5 Å². The highest BCUT2D eigenvalue weighted by Gasteiger charge is 2.20. The third-order valence-corrected chi connectivity index (χ3v) is 6.52. The van der Waals surface area contributed by atoms with Crippen LogP contribution in [-0.4, -0.2) is 54.2 Å². The van der Waals surface area contributed by atoms with Crippen LogP contribution in [0.3, 0.4) is 0 Å². The molecule has 0 saturated carbocycles. The van der Waals surface area contributed by atoms with Crippen LogP contribution in [0.1, 0.15) is 0 Å². The van der Waals surface area contributed by atoms with Gasteiger partial charge in [-0.05, 0) is 24.3 Å². The average Bonchev–Trinajstić information content (AvgIpc) is 3.29. The summed E-state index contributed by atoms with van der Waals surface area (Å²) < 4.78 is 6.07. The molecule has 0 fully saturated rings. The lowest BCUT2D eigenvalue weighted by atomic mass is 9.60. The highest BCUT2D eigenvalue weighted by Crippen LogP contribution is 2.37. The zero-order valence-electron chi connectivity index (χ0n) is 19.4. The van der Waals surface area contributed by atoms with E-state index in [0.29, 0.717) is 33.4 Å². The molecular weight excluding hydrogens is 472 g/mol. The predicted molar refractivity (Wildman–Crippen MR) is 155 cm³/mol. The second-order valence-corrected chi connectivity index (χ2v) is 8.97. The SMILES string of the molecule is [B]c1c([B])c([B])c(-c2nc(-c3ccccc3)nc(-c3cccc4oc5ccc(Cl)cc5c34)n2)c([B])c1[B]. The zero-order valence-corrected chi connectivity index (χ0v) is 20.1. The van der Waals surface area contributed by atoms with Crippen LogP contribution in [0, 0.1) is 0 Å². The highest BCUT2D eigenvalue weighted by molar-refractivity contribution is 6.68. The Kier molecular flexibility index (Phi) is 5.76. The number of fused-ring (bicyclic) bond motifs is 3. The summed E-state index contributed by atoms with van der Waals surface area (Å²) in [5.74, 6) is 1.00. The molecule has 6 aromatic rings. The number of furan rings is 1. The Morgan fingerprint density at radius 1 is 0.595 bits per heavy atom. The first-order valence-corrected chi connectivity index (χ1v) is 11.7. The van der Waals surface area contributed by atoms with Crippen LogP contribution in [0.15, 0.2) is 71.1 Å². The van der Waals surface area contributed by atoms with Gasteiger partial charge in [0.2, 0.25) is 0 Å². The molecule has 6 rings (SSSR count). The van der Waals surface area contributed by atoms with Gasteiger partial charge in [-0.1, -0.05) is 65.0 Å². The number of benzene rings is 4. The summed E-state index contributed by atoms with van der Waals surface area (Å²) in [4.78, 5) is 14.3. The Morgan fingerprint density at radius 3 is 1.97 bits per heavy atom. The van der Waals surface area contributed by atoms with Crippen LogP contribution in [-0.2, 0) is 0 Å². The van der Waals surface area contributed by atoms with E-state index in [1.165, 1.54) is 0 Å². The van der Waals surface area contributed by atoms with Crippen LogP contribution < -0.4 is 27.3 Å². The number of nitrogens with zero attached hydrogens (tertiary/aromatic N) is 3. The third-order valence-electron chi connectivity index (χ3n) is 6.29. The van der Waals surface area contributed by atoms with Crippen LogP contribution in [0.25, 0.3) is 56.1 Å². The van der Waals surface area contributed by atoms with Crippen LogP contribution in [0.4, 0.5) is 0 Å². The van der Waals surface area contributed by atoms with E-state index in [1.807, 2.05) is 60.7 Å². The van der Waals surface area contributed by atoms with Crippen molar-refractivity contribution in [2.45, 2.75) is 0 Å². The predicted octanol–water partition coefficient (Wildman–Crippen LogP) is 1.39. The van der Waals surface area contributed by atoms with Crippen molar-refractivity contribution in [3.8, 4) is 34.2 Å². The molecule has 10 radical (unpaired) electrons. The molecule has 0 saturated heterocycles. The maximum Gasteiger partial charge on any atom is 0.164 e. The van der Waals surface area contributed by atoms with E-state index in [2.05, 4.69) is 0 Å². The van der Waals surface area contributed by atoms with Gasteiger partial charge >= 0.3 is 0 Å². The number of hydrogen-bond acceptors (Lipinski definition) is 4. The van der Waals surface area contributed by atoms with Crippen molar-refractivity contribution in [1.29, 1.82) is 0 Å². The molecule has 0 aliphatic rings. The van der Waals surface area contributed by atoms with Crippen molar-refractivity contribution in [1.82, 2.24) is 15.0 Å². The molecule has 0 aliphatic heterocycles. The normalized spacial score (nSPS) is 11.4. The van der Waals surface area contributed by atoms with E-state index in [-0.39, 0.29) is 38.7 Å². The van der Waals surface area contributed by atoms with Crippen molar-refractivity contribution in [3.05, 3.63) is 71.8 Å². The van der Waals surface area contributed by atoms with Crippen LogP contribution in [0.2, 0.25) is 5.02 Å². The van der Waals surface area contributed by atoms with E-state index in [9.17, 15) is 0 Å². The van der Waals surface area contributed by atoms with E-state index in [1.54, 1.807) is 6.07 Å². The summed E-state index contributed by atoms with van der Waals surface area (Å²) in [6, 6.07) is 20.6. The van der Waals surface area contributed by atoms with Gasteiger partial charge in [0.1, 0.15) is 50.4 Å². The second-order valence-electron chi connectivity index (χ2n) is 8.54. The quantitative estimate of drug-likeness (QED) is 0.358. The van der Waals surface area contributed by atoms with Crippen molar-refractivity contribution >= 4 is 100 Å². The first-order chi connectivity index (χ1) is 17.8. The first kappa shape index (κ1) is 23.7. The third kappa shape index (κ3) is 3.89. The van der Waals surface area contributed by atoms with Crippen molar-refractivity contribution in [2.75, 3.05) is 0 Å². The minimum Gasteiger partial charge on any atom is -0.456 e. The van der Waals surface area contributed by atoms with Crippen molar-refractivity contribution in [3.63, 3.8) is 0 Å². The highest BCUT2D eigenvalue weighted by atomic mass is 35.5. The summed E-state index contributed by atoms with van der Waals surface area (Å²) in [6.45, 7) is 0. The lowest BCUT2D eigenvalue weighted by Crippen LogP contribution is -2.55. The molecule has 4 nitrogen and oxygen atoms in total. The first-order valence-electron chi connectivity index (χ1n) is 11.3. The zero-order chi connectivity index (χ0) is 25.8. The molecule has 0 amide bonds. The Hall–Kier alpha value is -3.70. The van der Waals surface area contributed by atoms with Crippen molar-refractivity contribution < 1.29 is 4.42 Å². The lowest BCUT2D eigenvalue weighted by molar-refractivity contribution is 0.669. The fraction of sp³-hybridized carbons (Fsp3) is 0. The minimum absolute atomic E-state index is 0.113. The molecule has 0 N–H and O–H groups in total. The summed E-state index contributed by atoms with van der Waals surface area (Å²) in [5, 5.41) is 2.23. The van der Waals surface area contributed by atoms with Crippen molar-refractivity contribution in [2.24, 2.45) is 0 Å². The minimum atomic E-state index is 0.113. The molecular formula is C27H11B5ClN3O. The van der Waals surface area contributed by atoms with Gasteiger partial charge in [-0.25, -0.2) is 15.0 Å². The molecule has 4 aromatic carbocycles. The Morgan fingerprint density at radius 2 is 1.24 bits per heavy atom. The second kappa shape index (κ2) is 9.00. The Bertz CT molecular complexity index is 1830. The van der Waals surface area contributed by atoms with Gasteiger partial charge in [-0.2, -0.15) is 0 Å². The average molecular weight is 483 g/mol. The van der Waals surface area contributed by atoms with Gasteiger partial charge < -0.3 is 4.42 Å². The standard InChI is InChI=1S/C27H11B5ClN3O/c28-20-19(21(29)23(31)24(32)22(20)30)27-35-25(12-5-2-1-3-6-12)34-26(36-27)14-7-4-8-17-18(14)15-11-13(33)9-10-16(15)37-17/h1-11H. The van der Waals surface area contributed by atoms with E-state index >= 15 is 0 Å². The van der Waals surface area contributed by atoms with Gasteiger partial charge in [0.15, 0.2) is 17.5 Å². The molecule has 10 heteroatoms. The van der Waals surface area contributed by atoms with Gasteiger partial charge in [0.05, 0.1) is 0 Å². The summed E-state index contributed by atoms with van der Waals surface area (Å²) >= 11 is 6.32. The molecule has 37 heavy (non-hydrogen) atoms. The Labute approximate surface area is 224 Å². The molecule has 0 atom stereocenters. The summed E-state index contributed by atoms with van der Waals surface area (Å²) in [5.41, 5.74) is 3.75. The summed E-state index contributed by atoms with van der Waals surface area (Å²) in [6.07, 6.45) is 0. The molecule has 0 bridgehead atoms. The molecule has 2 heterocycles. The fourth-order valence-electron chi connectivity index (χ4n) is 4.40. The fourth-order valence-corrected chi connectivity index (χ4v) is 4.57. The van der Waals surface area contributed by atoms with Gasteiger partial charge in [-0.3, -0.25) is 0 Å². The topological polar surface area (TPSA) is 51.8 Å². The van der Waals surface area contributed by atoms with Crippen LogP contribution in [0.5, 0.6) is 0 Å². The van der Waals surface area contributed by atoms with Crippen LogP contribution >= 0.6 is 11.6 Å². The number of aromatic nitrogens is 3. The number of rotatable bonds is 3.